The fraction of sp³-hybridized carbons (Fsp3) is 0.417. The van der Waals surface area contributed by atoms with E-state index in [0.29, 0.717) is 6.04 Å². The highest BCUT2D eigenvalue weighted by molar-refractivity contribution is 5.86. The number of hydrogen-bond acceptors (Lipinski definition) is 6. The summed E-state index contributed by atoms with van der Waals surface area (Å²) < 4.78 is 5.42. The van der Waals surface area contributed by atoms with Crippen molar-refractivity contribution in [1.82, 2.24) is 20.2 Å². The van der Waals surface area contributed by atoms with Gasteiger partial charge in [-0.3, -0.25) is 4.90 Å². The molecule has 5 rings (SSSR count). The van der Waals surface area contributed by atoms with Gasteiger partial charge in [-0.2, -0.15) is 0 Å². The van der Waals surface area contributed by atoms with Crippen LogP contribution in [0, 0.1) is 0 Å². The highest BCUT2D eigenvalue weighted by Crippen LogP contribution is 2.25. The van der Waals surface area contributed by atoms with E-state index in [9.17, 15) is 0 Å². The van der Waals surface area contributed by atoms with Crippen molar-refractivity contribution in [3.63, 3.8) is 0 Å². The molecule has 2 aliphatic rings. The topological polar surface area (TPSA) is 53.5 Å². The Labute approximate surface area is 177 Å². The summed E-state index contributed by atoms with van der Waals surface area (Å²) in [7, 11) is 0. The molecule has 2 aromatic carbocycles. The number of anilines is 1. The van der Waals surface area contributed by atoms with Gasteiger partial charge in [-0.05, 0) is 29.3 Å². The third-order valence-corrected chi connectivity index (χ3v) is 6.12. The maximum absolute atomic E-state index is 5.42. The van der Waals surface area contributed by atoms with Gasteiger partial charge in [0.1, 0.15) is 0 Å². The Bertz CT molecular complexity index is 988. The van der Waals surface area contributed by atoms with Gasteiger partial charge in [-0.15, -0.1) is 0 Å². The number of morpholine rings is 1. The van der Waals surface area contributed by atoms with Crippen molar-refractivity contribution < 1.29 is 4.74 Å². The van der Waals surface area contributed by atoms with Crippen LogP contribution in [0.25, 0.3) is 22.0 Å². The minimum atomic E-state index is 0.499. The van der Waals surface area contributed by atoms with Gasteiger partial charge in [0, 0.05) is 57.1 Å². The van der Waals surface area contributed by atoms with Crippen molar-refractivity contribution in [2.24, 2.45) is 0 Å². The molecule has 0 unspecified atom stereocenters. The molecule has 0 amide bonds. The molecule has 6 heteroatoms. The molecule has 1 atom stereocenters. The van der Waals surface area contributed by atoms with Gasteiger partial charge < -0.3 is 15.0 Å². The second-order valence-electron chi connectivity index (χ2n) is 8.14. The summed E-state index contributed by atoms with van der Waals surface area (Å²) in [6.07, 6.45) is 3.01. The first-order valence-electron chi connectivity index (χ1n) is 11.0. The minimum absolute atomic E-state index is 0.499. The Morgan fingerprint density at radius 2 is 1.87 bits per heavy atom. The lowest BCUT2D eigenvalue weighted by molar-refractivity contribution is 0.0382. The summed E-state index contributed by atoms with van der Waals surface area (Å²) in [5.74, 6) is 0.832. The second-order valence-corrected chi connectivity index (χ2v) is 8.14. The molecule has 3 heterocycles. The molecule has 2 fully saturated rings. The van der Waals surface area contributed by atoms with Crippen molar-refractivity contribution >= 4 is 16.7 Å². The smallest absolute Gasteiger partial charge is 0.225 e. The lowest BCUT2D eigenvalue weighted by Crippen LogP contribution is -2.43. The molecular weight excluding hydrogens is 374 g/mol. The number of hydrogen-bond donors (Lipinski definition) is 1. The molecular formula is C24H29N5O. The van der Waals surface area contributed by atoms with Crippen molar-refractivity contribution in [3.8, 4) is 11.3 Å². The average molecular weight is 404 g/mol. The van der Waals surface area contributed by atoms with Crippen molar-refractivity contribution in [3.05, 3.63) is 54.7 Å². The predicted octanol–water partition coefficient (Wildman–Crippen LogP) is 2.80. The van der Waals surface area contributed by atoms with Crippen LogP contribution < -0.4 is 10.2 Å². The lowest BCUT2D eigenvalue weighted by atomic mass is 10.1. The van der Waals surface area contributed by atoms with Crippen LogP contribution in [0.1, 0.15) is 6.42 Å². The first kappa shape index (κ1) is 19.4. The Morgan fingerprint density at radius 3 is 2.77 bits per heavy atom. The maximum atomic E-state index is 5.42. The average Bonchev–Trinajstić information content (AvgIpc) is 3.29. The molecule has 0 bridgehead atoms. The van der Waals surface area contributed by atoms with Crippen LogP contribution in [-0.2, 0) is 4.74 Å². The summed E-state index contributed by atoms with van der Waals surface area (Å²) in [6.45, 7) is 7.90. The van der Waals surface area contributed by atoms with Crippen LogP contribution in [-0.4, -0.2) is 73.4 Å². The minimum Gasteiger partial charge on any atom is -0.379 e. The van der Waals surface area contributed by atoms with Gasteiger partial charge in [0.15, 0.2) is 0 Å². The van der Waals surface area contributed by atoms with Crippen LogP contribution in [0.2, 0.25) is 0 Å². The Balaban J connectivity index is 1.21. The van der Waals surface area contributed by atoms with Crippen LogP contribution in [0.5, 0.6) is 0 Å². The number of fused-ring (bicyclic) bond motifs is 1. The Hall–Kier alpha value is -2.54. The van der Waals surface area contributed by atoms with E-state index in [1.165, 1.54) is 10.8 Å². The number of benzene rings is 2. The molecule has 0 aliphatic carbocycles. The largest absolute Gasteiger partial charge is 0.379 e. The zero-order valence-electron chi connectivity index (χ0n) is 17.3. The third kappa shape index (κ3) is 4.46. The predicted molar refractivity (Wildman–Crippen MR) is 121 cm³/mol. The van der Waals surface area contributed by atoms with E-state index in [4.69, 9.17) is 9.72 Å². The van der Waals surface area contributed by atoms with E-state index in [-0.39, 0.29) is 0 Å². The van der Waals surface area contributed by atoms with E-state index < -0.39 is 0 Å². The van der Waals surface area contributed by atoms with E-state index in [1.54, 1.807) is 0 Å². The van der Waals surface area contributed by atoms with E-state index in [0.717, 1.165) is 76.1 Å². The fourth-order valence-electron chi connectivity index (χ4n) is 4.37. The van der Waals surface area contributed by atoms with Crippen molar-refractivity contribution in [1.29, 1.82) is 0 Å². The molecule has 0 saturated carbocycles. The second kappa shape index (κ2) is 9.08. The van der Waals surface area contributed by atoms with Crippen LogP contribution in [0.15, 0.2) is 54.7 Å². The first-order valence-corrected chi connectivity index (χ1v) is 11.0. The number of nitrogens with one attached hydrogen (secondary N) is 1. The van der Waals surface area contributed by atoms with Gasteiger partial charge in [0.2, 0.25) is 5.95 Å². The molecule has 156 valence electrons. The molecule has 6 nitrogen and oxygen atoms in total. The standard InChI is InChI=1S/C24H29N5O/c1-2-4-20-17-21(6-5-19(20)3-1)23-7-9-26-24(27-23)29-11-8-22(18-29)25-10-12-28-13-15-30-16-14-28/h1-7,9,17,22,25H,8,10-16,18H2/t22-/m1/s1. The first-order chi connectivity index (χ1) is 14.8. The lowest BCUT2D eigenvalue weighted by Gasteiger charge is -2.27. The summed E-state index contributed by atoms with van der Waals surface area (Å²) >= 11 is 0. The summed E-state index contributed by atoms with van der Waals surface area (Å²) in [5.41, 5.74) is 2.12. The van der Waals surface area contributed by atoms with Crippen LogP contribution >= 0.6 is 0 Å². The van der Waals surface area contributed by atoms with Gasteiger partial charge >= 0.3 is 0 Å². The Kier molecular flexibility index (Phi) is 5.88. The van der Waals surface area contributed by atoms with E-state index in [2.05, 4.69) is 62.6 Å². The van der Waals surface area contributed by atoms with Gasteiger partial charge in [0.05, 0.1) is 18.9 Å². The summed E-state index contributed by atoms with van der Waals surface area (Å²) in [6, 6.07) is 17.5. The SMILES string of the molecule is c1ccc2cc(-c3ccnc(N4CC[C@@H](NCCN5CCOCC5)C4)n3)ccc2c1. The van der Waals surface area contributed by atoms with Crippen LogP contribution in [0.3, 0.4) is 0 Å². The molecule has 1 N–H and O–H groups in total. The van der Waals surface area contributed by atoms with Gasteiger partial charge in [0.25, 0.3) is 0 Å². The molecule has 30 heavy (non-hydrogen) atoms. The van der Waals surface area contributed by atoms with Gasteiger partial charge in [-0.25, -0.2) is 9.97 Å². The zero-order chi connectivity index (χ0) is 20.2. The fourth-order valence-corrected chi connectivity index (χ4v) is 4.37. The summed E-state index contributed by atoms with van der Waals surface area (Å²) in [5, 5.41) is 6.20. The number of aromatic nitrogens is 2. The normalized spacial score (nSPS) is 20.1. The quantitative estimate of drug-likeness (QED) is 0.683. The highest BCUT2D eigenvalue weighted by atomic mass is 16.5. The maximum Gasteiger partial charge on any atom is 0.225 e. The van der Waals surface area contributed by atoms with Crippen molar-refractivity contribution in [2.45, 2.75) is 12.5 Å². The van der Waals surface area contributed by atoms with Crippen LogP contribution in [0.4, 0.5) is 5.95 Å². The highest BCUT2D eigenvalue weighted by Gasteiger charge is 2.24. The molecule has 1 aromatic heterocycles. The molecule has 2 saturated heterocycles. The number of ether oxygens (including phenoxy) is 1. The van der Waals surface area contributed by atoms with Crippen molar-refractivity contribution in [2.75, 3.05) is 57.4 Å². The molecule has 0 spiro atoms. The van der Waals surface area contributed by atoms with E-state index in [1.807, 2.05) is 12.3 Å². The molecule has 0 radical (unpaired) electrons. The molecule has 2 aliphatic heterocycles. The third-order valence-electron chi connectivity index (χ3n) is 6.12. The summed E-state index contributed by atoms with van der Waals surface area (Å²) in [4.78, 5) is 14.2. The monoisotopic (exact) mass is 403 g/mol. The van der Waals surface area contributed by atoms with E-state index >= 15 is 0 Å². The van der Waals surface area contributed by atoms with Gasteiger partial charge in [-0.1, -0.05) is 36.4 Å². The molecule has 3 aromatic rings. The number of nitrogens with zero attached hydrogens (tertiary/aromatic N) is 4. The zero-order valence-corrected chi connectivity index (χ0v) is 17.3. The number of rotatable bonds is 6. The Morgan fingerprint density at radius 1 is 1.00 bits per heavy atom.